The summed E-state index contributed by atoms with van der Waals surface area (Å²) >= 11 is 0. The predicted octanol–water partition coefficient (Wildman–Crippen LogP) is 1.76. The van der Waals surface area contributed by atoms with Gasteiger partial charge < -0.3 is 24.1 Å². The van der Waals surface area contributed by atoms with Crippen LogP contribution in [0.4, 0.5) is 0 Å². The molecule has 2 fully saturated rings. The van der Waals surface area contributed by atoms with Gasteiger partial charge >= 0.3 is 17.9 Å². The third kappa shape index (κ3) is 4.34. The summed E-state index contributed by atoms with van der Waals surface area (Å²) in [5.74, 6) is -2.21. The maximum Gasteiger partial charge on any atom is 0.334 e. The predicted molar refractivity (Wildman–Crippen MR) is 105 cm³/mol. The molecule has 3 aliphatic rings. The van der Waals surface area contributed by atoms with Crippen molar-refractivity contribution in [2.75, 3.05) is 6.61 Å². The number of carbonyl (C=O) groups is 3. The van der Waals surface area contributed by atoms with Crippen molar-refractivity contribution < 1.29 is 38.4 Å². The van der Waals surface area contributed by atoms with Crippen LogP contribution in [0.2, 0.25) is 0 Å². The van der Waals surface area contributed by atoms with Crippen LogP contribution in [0.15, 0.2) is 35.5 Å². The Hall–Kier alpha value is -2.45. The van der Waals surface area contributed by atoms with Crippen molar-refractivity contribution in [3.8, 4) is 0 Å². The van der Waals surface area contributed by atoms with Gasteiger partial charge in [-0.15, -0.1) is 0 Å². The van der Waals surface area contributed by atoms with Gasteiger partial charge in [0.1, 0.15) is 24.4 Å². The van der Waals surface area contributed by atoms with E-state index in [4.69, 9.17) is 18.9 Å². The third-order valence-corrected chi connectivity index (χ3v) is 6.04. The van der Waals surface area contributed by atoms with Crippen molar-refractivity contribution in [2.24, 2.45) is 5.92 Å². The van der Waals surface area contributed by atoms with Gasteiger partial charge in [-0.2, -0.15) is 0 Å². The SMILES string of the molecule is C=C1C(=O)O[C@@H]2/C=C(/C)[C@@H](O)C[C@H]3O[C@]3(COC(C)=O)C[C@@H](OC(=O)/C(C)=C\C)[C@@H]12. The molecule has 0 radical (unpaired) electrons. The fourth-order valence-corrected chi connectivity index (χ4v) is 3.97. The molecule has 0 unspecified atom stereocenters. The molecule has 3 rings (SSSR count). The normalized spacial score (nSPS) is 37.8. The Kier molecular flexibility index (Phi) is 6.19. The molecular weight excluding hydrogens is 392 g/mol. The first-order chi connectivity index (χ1) is 14.1. The van der Waals surface area contributed by atoms with E-state index in [0.717, 1.165) is 0 Å². The minimum Gasteiger partial charge on any atom is -0.463 e. The van der Waals surface area contributed by atoms with Crippen LogP contribution in [0.25, 0.3) is 0 Å². The molecule has 2 aliphatic heterocycles. The molecule has 0 amide bonds. The van der Waals surface area contributed by atoms with Crippen molar-refractivity contribution in [3.05, 3.63) is 35.5 Å². The number of hydrogen-bond donors (Lipinski definition) is 1. The average molecular weight is 420 g/mol. The second-order valence-electron chi connectivity index (χ2n) is 8.15. The van der Waals surface area contributed by atoms with E-state index in [1.807, 2.05) is 0 Å². The van der Waals surface area contributed by atoms with Gasteiger partial charge in [0.05, 0.1) is 18.1 Å². The van der Waals surface area contributed by atoms with Gasteiger partial charge in [-0.05, 0) is 32.4 Å². The lowest BCUT2D eigenvalue weighted by Gasteiger charge is -2.30. The molecule has 1 N–H and O–H groups in total. The van der Waals surface area contributed by atoms with Gasteiger partial charge in [-0.3, -0.25) is 4.79 Å². The molecule has 30 heavy (non-hydrogen) atoms. The van der Waals surface area contributed by atoms with Crippen LogP contribution in [0.3, 0.4) is 0 Å². The van der Waals surface area contributed by atoms with Crippen molar-refractivity contribution in [1.82, 2.24) is 0 Å². The third-order valence-electron chi connectivity index (χ3n) is 6.04. The quantitative estimate of drug-likeness (QED) is 0.241. The highest BCUT2D eigenvalue weighted by Crippen LogP contribution is 2.48. The summed E-state index contributed by atoms with van der Waals surface area (Å²) in [5, 5.41) is 10.5. The molecule has 8 nitrogen and oxygen atoms in total. The number of carbonyl (C=O) groups excluding carboxylic acids is 3. The van der Waals surface area contributed by atoms with Gasteiger partial charge in [0.2, 0.25) is 0 Å². The molecule has 0 spiro atoms. The molecule has 0 aromatic carbocycles. The average Bonchev–Trinajstić information content (AvgIpc) is 3.27. The van der Waals surface area contributed by atoms with Crippen molar-refractivity contribution >= 4 is 17.9 Å². The maximum atomic E-state index is 12.6. The van der Waals surface area contributed by atoms with E-state index in [0.29, 0.717) is 11.1 Å². The fraction of sp³-hybridized carbons (Fsp3) is 0.591. The zero-order valence-electron chi connectivity index (χ0n) is 17.7. The van der Waals surface area contributed by atoms with Crippen LogP contribution < -0.4 is 0 Å². The lowest BCUT2D eigenvalue weighted by atomic mass is 9.81. The minimum absolute atomic E-state index is 0.0439. The minimum atomic E-state index is -0.921. The van der Waals surface area contributed by atoms with E-state index < -0.39 is 47.7 Å². The number of rotatable bonds is 4. The highest BCUT2D eigenvalue weighted by atomic mass is 16.6. The standard InChI is InChI=1S/C22H28O8/c1-6-11(2)20(25)29-17-9-22(10-27-14(5)23)18(30-22)8-15(24)12(3)7-16-19(17)13(4)21(26)28-16/h6-7,15-19,24H,4,8-10H2,1-3,5H3/b11-6-,12-7-/t15-,16+,17+,18+,19-,22-/m0/s1. The molecule has 164 valence electrons. The molecule has 0 bridgehead atoms. The summed E-state index contributed by atoms with van der Waals surface area (Å²) in [4.78, 5) is 36.2. The lowest BCUT2D eigenvalue weighted by Crippen LogP contribution is -2.40. The summed E-state index contributed by atoms with van der Waals surface area (Å²) in [5.41, 5.74) is 0.301. The number of esters is 3. The number of fused-ring (bicyclic) bond motifs is 2. The first-order valence-electron chi connectivity index (χ1n) is 9.99. The van der Waals surface area contributed by atoms with E-state index in [9.17, 15) is 19.5 Å². The van der Waals surface area contributed by atoms with E-state index in [2.05, 4.69) is 6.58 Å². The second kappa shape index (κ2) is 8.35. The number of allylic oxidation sites excluding steroid dienone is 1. The Morgan fingerprint density at radius 3 is 2.73 bits per heavy atom. The fourth-order valence-electron chi connectivity index (χ4n) is 3.97. The van der Waals surface area contributed by atoms with E-state index in [-0.39, 0.29) is 31.1 Å². The van der Waals surface area contributed by atoms with Gasteiger partial charge in [-0.1, -0.05) is 12.7 Å². The summed E-state index contributed by atoms with van der Waals surface area (Å²) < 4.78 is 22.3. The van der Waals surface area contributed by atoms with E-state index >= 15 is 0 Å². The molecule has 0 aromatic heterocycles. The summed E-state index contributed by atoms with van der Waals surface area (Å²) in [6, 6.07) is 0. The number of aliphatic hydroxyl groups is 1. The number of ether oxygens (including phenoxy) is 4. The van der Waals surface area contributed by atoms with E-state index in [1.165, 1.54) is 6.92 Å². The Morgan fingerprint density at radius 1 is 1.40 bits per heavy atom. The van der Waals surface area contributed by atoms with Crippen LogP contribution in [-0.4, -0.2) is 59.6 Å². The van der Waals surface area contributed by atoms with Crippen molar-refractivity contribution in [1.29, 1.82) is 0 Å². The second-order valence-corrected chi connectivity index (χ2v) is 8.15. The van der Waals surface area contributed by atoms with Gasteiger partial charge in [-0.25, -0.2) is 9.59 Å². The zero-order valence-corrected chi connectivity index (χ0v) is 17.7. The van der Waals surface area contributed by atoms with Crippen LogP contribution in [0.1, 0.15) is 40.5 Å². The van der Waals surface area contributed by atoms with Gasteiger partial charge in [0.15, 0.2) is 0 Å². The van der Waals surface area contributed by atoms with Crippen molar-refractivity contribution in [2.45, 2.75) is 70.6 Å². The monoisotopic (exact) mass is 420 g/mol. The molecule has 8 heteroatoms. The van der Waals surface area contributed by atoms with Crippen LogP contribution >= 0.6 is 0 Å². The molecule has 6 atom stereocenters. The molecule has 1 aliphatic carbocycles. The van der Waals surface area contributed by atoms with Crippen molar-refractivity contribution in [3.63, 3.8) is 0 Å². The maximum absolute atomic E-state index is 12.6. The Bertz CT molecular complexity index is 825. The van der Waals surface area contributed by atoms with Crippen LogP contribution in [0, 0.1) is 5.92 Å². The number of aliphatic hydroxyl groups excluding tert-OH is 1. The largest absolute Gasteiger partial charge is 0.463 e. The number of epoxide rings is 1. The zero-order chi connectivity index (χ0) is 22.2. The topological polar surface area (TPSA) is 112 Å². The van der Waals surface area contributed by atoms with Gasteiger partial charge in [0, 0.05) is 30.9 Å². The lowest BCUT2D eigenvalue weighted by molar-refractivity contribution is -0.151. The first-order valence-corrected chi connectivity index (χ1v) is 9.99. The molecule has 0 aromatic rings. The Morgan fingerprint density at radius 2 is 2.10 bits per heavy atom. The molecular formula is C22H28O8. The van der Waals surface area contributed by atoms with Crippen LogP contribution in [-0.2, 0) is 33.3 Å². The van der Waals surface area contributed by atoms with Crippen LogP contribution in [0.5, 0.6) is 0 Å². The van der Waals surface area contributed by atoms with Gasteiger partial charge in [0.25, 0.3) is 0 Å². The summed E-state index contributed by atoms with van der Waals surface area (Å²) in [7, 11) is 0. The van der Waals surface area contributed by atoms with E-state index in [1.54, 1.807) is 32.9 Å². The molecule has 2 saturated heterocycles. The Labute approximate surface area is 175 Å². The molecule has 0 saturated carbocycles. The smallest absolute Gasteiger partial charge is 0.334 e. The molecule has 2 heterocycles. The number of hydrogen-bond acceptors (Lipinski definition) is 8. The highest BCUT2D eigenvalue weighted by Gasteiger charge is 2.61. The highest BCUT2D eigenvalue weighted by molar-refractivity contribution is 5.92. The summed E-state index contributed by atoms with van der Waals surface area (Å²) in [6.07, 6.45) is 1.04. The summed E-state index contributed by atoms with van der Waals surface area (Å²) in [6.45, 7) is 10.2. The Balaban J connectivity index is 2.00. The first kappa shape index (κ1) is 22.2.